The van der Waals surface area contributed by atoms with Crippen LogP contribution in [-0.4, -0.2) is 31.9 Å². The topological polar surface area (TPSA) is 99.3 Å². The first-order valence-electron chi connectivity index (χ1n) is 8.17. The molecule has 0 spiro atoms. The zero-order valence-electron chi connectivity index (χ0n) is 14.8. The molecule has 2 aromatic carbocycles. The maximum Gasteiger partial charge on any atom is 0.315 e. The molecule has 0 aromatic heterocycles. The summed E-state index contributed by atoms with van der Waals surface area (Å²) in [6, 6.07) is 13.7. The Morgan fingerprint density at radius 3 is 1.31 bits per heavy atom. The van der Waals surface area contributed by atoms with Gasteiger partial charge in [0, 0.05) is 38.3 Å². The van der Waals surface area contributed by atoms with Crippen LogP contribution in [0.2, 0.25) is 0 Å². The van der Waals surface area contributed by atoms with Crippen LogP contribution in [0, 0.1) is 0 Å². The Morgan fingerprint density at radius 1 is 0.654 bits per heavy atom. The van der Waals surface area contributed by atoms with Gasteiger partial charge in [-0.25, -0.2) is 4.79 Å². The third kappa shape index (κ3) is 5.34. The summed E-state index contributed by atoms with van der Waals surface area (Å²) in [5, 5.41) is 10.6. The van der Waals surface area contributed by atoms with Gasteiger partial charge in [0.1, 0.15) is 0 Å². The Hall–Kier alpha value is -3.35. The maximum atomic E-state index is 11.9. The number of nitrogens with one attached hydrogen (secondary N) is 4. The van der Waals surface area contributed by atoms with Crippen molar-refractivity contribution in [3.05, 3.63) is 70.8 Å². The molecule has 136 valence electrons. The van der Waals surface area contributed by atoms with Gasteiger partial charge in [-0.1, -0.05) is 24.3 Å². The van der Waals surface area contributed by atoms with Crippen molar-refractivity contribution in [2.24, 2.45) is 0 Å². The molecule has 0 radical (unpaired) electrons. The van der Waals surface area contributed by atoms with Gasteiger partial charge in [0.05, 0.1) is 0 Å². The summed E-state index contributed by atoms with van der Waals surface area (Å²) in [6.45, 7) is 0.713. The maximum absolute atomic E-state index is 11.9. The van der Waals surface area contributed by atoms with Crippen molar-refractivity contribution < 1.29 is 14.4 Å². The Morgan fingerprint density at radius 2 is 1.00 bits per heavy atom. The largest absolute Gasteiger partial charge is 0.355 e. The lowest BCUT2D eigenvalue weighted by Gasteiger charge is -2.09. The van der Waals surface area contributed by atoms with Crippen LogP contribution in [0.4, 0.5) is 4.79 Å². The predicted octanol–water partition coefficient (Wildman–Crippen LogP) is 1.41. The van der Waals surface area contributed by atoms with Gasteiger partial charge in [-0.05, 0) is 35.4 Å². The quantitative estimate of drug-likeness (QED) is 0.631. The molecule has 0 fully saturated rings. The van der Waals surface area contributed by atoms with E-state index in [9.17, 15) is 14.4 Å². The molecule has 26 heavy (non-hydrogen) atoms. The van der Waals surface area contributed by atoms with Crippen LogP contribution in [0.1, 0.15) is 31.8 Å². The second-order valence-corrected chi connectivity index (χ2v) is 5.59. The number of carbonyl (C=O) groups excluding carboxylic acids is 3. The molecule has 4 amide bonds. The third-order valence-corrected chi connectivity index (χ3v) is 3.79. The highest BCUT2D eigenvalue weighted by molar-refractivity contribution is 5.94. The van der Waals surface area contributed by atoms with E-state index in [1.807, 2.05) is 0 Å². The average molecular weight is 354 g/mol. The van der Waals surface area contributed by atoms with Crippen LogP contribution in [0.3, 0.4) is 0 Å². The summed E-state index contributed by atoms with van der Waals surface area (Å²) in [7, 11) is 3.16. The predicted molar refractivity (Wildman–Crippen MR) is 98.7 cm³/mol. The number of hydrogen-bond donors (Lipinski definition) is 4. The number of carbonyl (C=O) groups is 3. The van der Waals surface area contributed by atoms with Gasteiger partial charge in [-0.3, -0.25) is 9.59 Å². The van der Waals surface area contributed by atoms with Crippen molar-refractivity contribution in [3.63, 3.8) is 0 Å². The minimum absolute atomic E-state index is 0.148. The van der Waals surface area contributed by atoms with E-state index in [1.165, 1.54) is 0 Å². The smallest absolute Gasteiger partial charge is 0.315 e. The van der Waals surface area contributed by atoms with Crippen LogP contribution in [0.5, 0.6) is 0 Å². The minimum Gasteiger partial charge on any atom is -0.355 e. The summed E-state index contributed by atoms with van der Waals surface area (Å²) in [6.07, 6.45) is 0. The highest BCUT2D eigenvalue weighted by atomic mass is 16.2. The van der Waals surface area contributed by atoms with Crippen molar-refractivity contribution >= 4 is 17.8 Å². The lowest BCUT2D eigenvalue weighted by Crippen LogP contribution is -2.34. The van der Waals surface area contributed by atoms with Crippen LogP contribution in [0.15, 0.2) is 48.5 Å². The molecule has 0 aliphatic rings. The van der Waals surface area contributed by atoms with E-state index in [-0.39, 0.29) is 17.8 Å². The van der Waals surface area contributed by atoms with Gasteiger partial charge in [-0.15, -0.1) is 0 Å². The highest BCUT2D eigenvalue weighted by Gasteiger charge is 2.05. The molecule has 0 aliphatic heterocycles. The molecule has 7 heteroatoms. The molecule has 0 saturated heterocycles. The van der Waals surface area contributed by atoms with Crippen molar-refractivity contribution in [3.8, 4) is 0 Å². The highest BCUT2D eigenvalue weighted by Crippen LogP contribution is 2.05. The number of urea groups is 1. The number of amides is 4. The van der Waals surface area contributed by atoms with E-state index in [4.69, 9.17) is 0 Å². The molecule has 2 rings (SSSR count). The Bertz CT molecular complexity index is 705. The number of rotatable bonds is 6. The van der Waals surface area contributed by atoms with E-state index in [2.05, 4.69) is 21.3 Å². The van der Waals surface area contributed by atoms with Crippen LogP contribution in [-0.2, 0) is 13.1 Å². The number of benzene rings is 2. The molecular formula is C19H22N4O3. The zero-order chi connectivity index (χ0) is 18.9. The van der Waals surface area contributed by atoms with Crippen LogP contribution >= 0.6 is 0 Å². The fraction of sp³-hybridized carbons (Fsp3) is 0.211. The van der Waals surface area contributed by atoms with Gasteiger partial charge >= 0.3 is 6.03 Å². The first-order chi connectivity index (χ1) is 12.5. The summed E-state index contributed by atoms with van der Waals surface area (Å²) in [5.74, 6) is -0.297. The van der Waals surface area contributed by atoms with Crippen LogP contribution in [0.25, 0.3) is 0 Å². The summed E-state index contributed by atoms with van der Waals surface area (Å²) in [5.41, 5.74) is 2.92. The average Bonchev–Trinajstić information content (AvgIpc) is 2.70. The molecule has 4 N–H and O–H groups in total. The van der Waals surface area contributed by atoms with Crippen LogP contribution < -0.4 is 21.3 Å². The van der Waals surface area contributed by atoms with Gasteiger partial charge in [-0.2, -0.15) is 0 Å². The fourth-order valence-electron chi connectivity index (χ4n) is 2.26. The van der Waals surface area contributed by atoms with Gasteiger partial charge in [0.25, 0.3) is 11.8 Å². The van der Waals surface area contributed by atoms with E-state index in [1.54, 1.807) is 62.6 Å². The van der Waals surface area contributed by atoms with Crippen molar-refractivity contribution in [1.82, 2.24) is 21.3 Å². The van der Waals surface area contributed by atoms with Crippen molar-refractivity contribution in [1.29, 1.82) is 0 Å². The van der Waals surface area contributed by atoms with Gasteiger partial charge in [0.15, 0.2) is 0 Å². The lowest BCUT2D eigenvalue weighted by molar-refractivity contribution is 0.0955. The first kappa shape index (κ1) is 19.0. The standard InChI is InChI=1S/C19H22N4O3/c1-20-17(24)15-7-3-13(4-8-15)11-22-19(26)23-12-14-5-9-16(10-6-14)18(25)21-2/h3-10H,11-12H2,1-2H3,(H,20,24)(H,21,25)(H2,22,23,26). The Labute approximate surface area is 152 Å². The molecule has 0 atom stereocenters. The monoisotopic (exact) mass is 354 g/mol. The summed E-state index contributed by atoms with van der Waals surface area (Å²) < 4.78 is 0. The molecule has 0 heterocycles. The molecule has 0 saturated carbocycles. The molecule has 7 nitrogen and oxygen atoms in total. The lowest BCUT2D eigenvalue weighted by atomic mass is 10.1. The van der Waals surface area contributed by atoms with Gasteiger partial charge in [0.2, 0.25) is 0 Å². The van der Waals surface area contributed by atoms with Crippen molar-refractivity contribution in [2.75, 3.05) is 14.1 Å². The molecule has 2 aromatic rings. The summed E-state index contributed by atoms with van der Waals surface area (Å²) in [4.78, 5) is 34.8. The normalized spacial score (nSPS) is 9.92. The fourth-order valence-corrected chi connectivity index (χ4v) is 2.26. The third-order valence-electron chi connectivity index (χ3n) is 3.79. The van der Waals surface area contributed by atoms with E-state index < -0.39 is 0 Å². The SMILES string of the molecule is CNC(=O)c1ccc(CNC(=O)NCc2ccc(C(=O)NC)cc2)cc1. The first-order valence-corrected chi connectivity index (χ1v) is 8.17. The molecule has 0 unspecified atom stereocenters. The zero-order valence-corrected chi connectivity index (χ0v) is 14.8. The Kier molecular flexibility index (Phi) is 6.73. The second kappa shape index (κ2) is 9.22. The second-order valence-electron chi connectivity index (χ2n) is 5.59. The number of hydrogen-bond acceptors (Lipinski definition) is 3. The molecular weight excluding hydrogens is 332 g/mol. The van der Waals surface area contributed by atoms with Gasteiger partial charge < -0.3 is 21.3 Å². The van der Waals surface area contributed by atoms with E-state index in [0.717, 1.165) is 11.1 Å². The molecule has 0 aliphatic carbocycles. The van der Waals surface area contributed by atoms with E-state index in [0.29, 0.717) is 24.2 Å². The molecule has 0 bridgehead atoms. The van der Waals surface area contributed by atoms with E-state index >= 15 is 0 Å². The Balaban J connectivity index is 1.78. The van der Waals surface area contributed by atoms with Crippen molar-refractivity contribution in [2.45, 2.75) is 13.1 Å². The summed E-state index contributed by atoms with van der Waals surface area (Å²) >= 11 is 0. The minimum atomic E-state index is -0.296.